The molecule has 2 aromatic carbocycles. The van der Waals surface area contributed by atoms with E-state index in [1.807, 2.05) is 80.5 Å². The molecule has 232 valence electrons. The van der Waals surface area contributed by atoms with Gasteiger partial charge in [0.15, 0.2) is 11.5 Å². The number of amides is 1. The first kappa shape index (κ1) is 30.9. The minimum Gasteiger partial charge on any atom is -0.486 e. The fourth-order valence-electron chi connectivity index (χ4n) is 6.04. The lowest BCUT2D eigenvalue weighted by Crippen LogP contribution is -2.49. The van der Waals surface area contributed by atoms with Crippen molar-refractivity contribution >= 4 is 17.0 Å². The molecule has 0 aliphatic carbocycles. The van der Waals surface area contributed by atoms with Gasteiger partial charge in [-0.1, -0.05) is 19.1 Å². The van der Waals surface area contributed by atoms with Gasteiger partial charge in [0.25, 0.3) is 5.56 Å². The highest BCUT2D eigenvalue weighted by atomic mass is 16.6. The van der Waals surface area contributed by atoms with E-state index < -0.39 is 11.7 Å². The number of fused-ring (bicyclic) bond motifs is 2. The van der Waals surface area contributed by atoms with E-state index in [1.54, 1.807) is 6.07 Å². The van der Waals surface area contributed by atoms with E-state index in [2.05, 4.69) is 4.90 Å². The predicted octanol–water partition coefficient (Wildman–Crippen LogP) is 5.43. The SMILES string of the molecule is CCC(O)c1cc(C)cc2c1ccc(=O)n2CCN1CCC(N(Cc2ccc3c(c2)OCCO3)C(=O)OC(C)(C)C)CC1. The largest absolute Gasteiger partial charge is 0.486 e. The molecule has 9 nitrogen and oxygen atoms in total. The van der Waals surface area contributed by atoms with Crippen molar-refractivity contribution in [3.8, 4) is 11.5 Å². The van der Waals surface area contributed by atoms with Crippen molar-refractivity contribution in [2.75, 3.05) is 32.8 Å². The van der Waals surface area contributed by atoms with Crippen LogP contribution in [0.15, 0.2) is 47.3 Å². The summed E-state index contributed by atoms with van der Waals surface area (Å²) in [6.07, 6.45) is 1.34. The molecule has 1 unspecified atom stereocenters. The number of carbonyl (C=O) groups is 1. The van der Waals surface area contributed by atoms with Gasteiger partial charge in [0, 0.05) is 50.2 Å². The van der Waals surface area contributed by atoms with Crippen LogP contribution in [0.4, 0.5) is 4.79 Å². The third-order valence-corrected chi connectivity index (χ3v) is 8.25. The van der Waals surface area contributed by atoms with E-state index in [4.69, 9.17) is 14.2 Å². The highest BCUT2D eigenvalue weighted by molar-refractivity contribution is 5.84. The zero-order valence-corrected chi connectivity index (χ0v) is 26.1. The first-order valence-corrected chi connectivity index (χ1v) is 15.4. The molecule has 1 amide bonds. The lowest BCUT2D eigenvalue weighted by Gasteiger charge is -2.39. The quantitative estimate of drug-likeness (QED) is 0.374. The molecule has 5 rings (SSSR count). The van der Waals surface area contributed by atoms with Gasteiger partial charge in [0.05, 0.1) is 11.6 Å². The minimum atomic E-state index is -0.597. The van der Waals surface area contributed by atoms with Crippen LogP contribution in [-0.2, 0) is 17.8 Å². The van der Waals surface area contributed by atoms with Crippen molar-refractivity contribution in [1.29, 1.82) is 0 Å². The van der Waals surface area contributed by atoms with Crippen molar-refractivity contribution in [3.05, 3.63) is 69.5 Å². The maximum absolute atomic E-state index is 13.4. The van der Waals surface area contributed by atoms with Crippen LogP contribution >= 0.6 is 0 Å². The number of aromatic nitrogens is 1. The van der Waals surface area contributed by atoms with E-state index in [0.29, 0.717) is 38.5 Å². The normalized spacial score (nSPS) is 16.7. The van der Waals surface area contributed by atoms with Crippen molar-refractivity contribution in [2.24, 2.45) is 0 Å². The Morgan fingerprint density at radius 1 is 1.05 bits per heavy atom. The lowest BCUT2D eigenvalue weighted by atomic mass is 9.99. The number of nitrogens with zero attached hydrogens (tertiary/aromatic N) is 3. The number of carbonyl (C=O) groups excluding carboxylic acids is 1. The van der Waals surface area contributed by atoms with Gasteiger partial charge in [-0.2, -0.15) is 0 Å². The van der Waals surface area contributed by atoms with E-state index >= 15 is 0 Å². The second-order valence-corrected chi connectivity index (χ2v) is 12.7. The fourth-order valence-corrected chi connectivity index (χ4v) is 6.04. The molecule has 3 aromatic rings. The highest BCUT2D eigenvalue weighted by Gasteiger charge is 2.31. The van der Waals surface area contributed by atoms with E-state index in [1.165, 1.54) is 0 Å². The van der Waals surface area contributed by atoms with Crippen molar-refractivity contribution in [3.63, 3.8) is 0 Å². The van der Waals surface area contributed by atoms with Gasteiger partial charge >= 0.3 is 6.09 Å². The Hall–Kier alpha value is -3.56. The number of hydrogen-bond acceptors (Lipinski definition) is 7. The predicted molar refractivity (Wildman–Crippen MR) is 167 cm³/mol. The Labute approximate surface area is 253 Å². The summed E-state index contributed by atoms with van der Waals surface area (Å²) >= 11 is 0. The number of piperidine rings is 1. The van der Waals surface area contributed by atoms with Crippen molar-refractivity contribution in [1.82, 2.24) is 14.4 Å². The molecule has 0 radical (unpaired) electrons. The van der Waals surface area contributed by atoms with Gasteiger partial charge < -0.3 is 33.7 Å². The standard InChI is InChI=1S/C34H45N3O6/c1-6-29(38)27-19-23(2)20-28-26(27)8-10-32(39)36(28)16-15-35-13-11-25(12-14-35)37(33(40)43-34(3,4)5)22-24-7-9-30-31(21-24)42-18-17-41-30/h7-10,19-21,25,29,38H,6,11-18,22H2,1-5H3. The van der Waals surface area contributed by atoms with Crippen LogP contribution in [0.5, 0.6) is 11.5 Å². The molecule has 1 saturated heterocycles. The van der Waals surface area contributed by atoms with Crippen LogP contribution < -0.4 is 15.0 Å². The third-order valence-electron chi connectivity index (χ3n) is 8.25. The highest BCUT2D eigenvalue weighted by Crippen LogP contribution is 2.32. The van der Waals surface area contributed by atoms with Crippen molar-refractivity contribution < 1.29 is 24.1 Å². The molecule has 0 saturated carbocycles. The number of aliphatic hydroxyl groups excluding tert-OH is 1. The second kappa shape index (κ2) is 13.0. The molecular weight excluding hydrogens is 546 g/mol. The number of aliphatic hydroxyl groups is 1. The molecule has 0 spiro atoms. The molecule has 1 N–H and O–H groups in total. The topological polar surface area (TPSA) is 93.5 Å². The molecule has 9 heteroatoms. The van der Waals surface area contributed by atoms with Gasteiger partial charge in [0.1, 0.15) is 18.8 Å². The van der Waals surface area contributed by atoms with Gasteiger partial charge in [0.2, 0.25) is 0 Å². The molecule has 0 bridgehead atoms. The molecule has 2 aliphatic heterocycles. The van der Waals surface area contributed by atoms with Gasteiger partial charge in [-0.3, -0.25) is 4.79 Å². The Morgan fingerprint density at radius 2 is 1.77 bits per heavy atom. The van der Waals surface area contributed by atoms with Crippen LogP contribution in [0.1, 0.15) is 69.8 Å². The molecule has 1 atom stereocenters. The number of likely N-dealkylation sites (tertiary alicyclic amines) is 1. The maximum atomic E-state index is 13.4. The van der Waals surface area contributed by atoms with Crippen LogP contribution in [0.2, 0.25) is 0 Å². The number of pyridine rings is 1. The van der Waals surface area contributed by atoms with Crippen LogP contribution in [0, 0.1) is 6.92 Å². The fraction of sp³-hybridized carbons (Fsp3) is 0.529. The molecule has 3 heterocycles. The molecule has 1 aromatic heterocycles. The Kier molecular flexibility index (Phi) is 9.32. The van der Waals surface area contributed by atoms with Crippen molar-refractivity contribution in [2.45, 2.75) is 84.7 Å². The van der Waals surface area contributed by atoms with E-state index in [-0.39, 0.29) is 17.7 Å². The van der Waals surface area contributed by atoms with E-state index in [9.17, 15) is 14.7 Å². The Bertz CT molecular complexity index is 1500. The molecule has 1 fully saturated rings. The third kappa shape index (κ3) is 7.33. The monoisotopic (exact) mass is 591 g/mol. The molecular formula is C34H45N3O6. The first-order valence-electron chi connectivity index (χ1n) is 15.4. The minimum absolute atomic E-state index is 0.0281. The Morgan fingerprint density at radius 3 is 2.47 bits per heavy atom. The molecule has 2 aliphatic rings. The van der Waals surface area contributed by atoms with E-state index in [0.717, 1.165) is 65.8 Å². The maximum Gasteiger partial charge on any atom is 0.410 e. The van der Waals surface area contributed by atoms with Crippen LogP contribution in [0.25, 0.3) is 10.9 Å². The molecule has 43 heavy (non-hydrogen) atoms. The van der Waals surface area contributed by atoms with Crippen LogP contribution in [0.3, 0.4) is 0 Å². The lowest BCUT2D eigenvalue weighted by molar-refractivity contribution is 0.00562. The summed E-state index contributed by atoms with van der Waals surface area (Å²) < 4.78 is 19.1. The number of aryl methyl sites for hydroxylation is 1. The summed E-state index contributed by atoms with van der Waals surface area (Å²) in [5.41, 5.74) is 3.08. The van der Waals surface area contributed by atoms with Crippen LogP contribution in [-0.4, -0.2) is 70.1 Å². The summed E-state index contributed by atoms with van der Waals surface area (Å²) in [5.74, 6) is 1.43. The number of benzene rings is 2. The summed E-state index contributed by atoms with van der Waals surface area (Å²) in [5, 5.41) is 11.5. The summed E-state index contributed by atoms with van der Waals surface area (Å²) in [7, 11) is 0. The number of ether oxygens (including phenoxy) is 3. The van der Waals surface area contributed by atoms with Gasteiger partial charge in [-0.15, -0.1) is 0 Å². The second-order valence-electron chi connectivity index (χ2n) is 12.7. The summed E-state index contributed by atoms with van der Waals surface area (Å²) in [6.45, 7) is 14.0. The smallest absolute Gasteiger partial charge is 0.410 e. The zero-order chi connectivity index (χ0) is 30.7. The average molecular weight is 592 g/mol. The number of hydrogen-bond donors (Lipinski definition) is 1. The number of rotatable bonds is 8. The van der Waals surface area contributed by atoms with Gasteiger partial charge in [-0.05, 0) is 87.9 Å². The summed E-state index contributed by atoms with van der Waals surface area (Å²) in [4.78, 5) is 30.6. The van der Waals surface area contributed by atoms with Gasteiger partial charge in [-0.25, -0.2) is 4.79 Å². The zero-order valence-electron chi connectivity index (χ0n) is 26.1. The summed E-state index contributed by atoms with van der Waals surface area (Å²) in [6, 6.07) is 13.3. The first-order chi connectivity index (χ1) is 20.5. The average Bonchev–Trinajstić information content (AvgIpc) is 2.98. The Balaban J connectivity index is 1.28.